The van der Waals surface area contributed by atoms with Crippen LogP contribution in [0, 0.1) is 22.7 Å². The Kier molecular flexibility index (Phi) is 4.48. The van der Waals surface area contributed by atoms with E-state index in [1.54, 1.807) is 18.2 Å². The Labute approximate surface area is 104 Å². The number of carbonyl (C=O) groups is 1. The summed E-state index contributed by atoms with van der Waals surface area (Å²) in [6.07, 6.45) is 1.37. The van der Waals surface area contributed by atoms with Crippen molar-refractivity contribution >= 4 is 12.0 Å². The van der Waals surface area contributed by atoms with E-state index in [2.05, 4.69) is 4.74 Å². The van der Waals surface area contributed by atoms with Crippen LogP contribution in [0.25, 0.3) is 6.08 Å². The van der Waals surface area contributed by atoms with E-state index in [0.717, 1.165) is 0 Å². The van der Waals surface area contributed by atoms with Gasteiger partial charge in [0.2, 0.25) is 0 Å². The highest BCUT2D eigenvalue weighted by Crippen LogP contribution is 2.19. The maximum atomic E-state index is 11.4. The number of carbonyl (C=O) groups excluding carboxylic acids is 1. The van der Waals surface area contributed by atoms with Gasteiger partial charge in [0, 0.05) is 0 Å². The van der Waals surface area contributed by atoms with Crippen molar-refractivity contribution in [3.63, 3.8) is 0 Å². The van der Waals surface area contributed by atoms with Crippen molar-refractivity contribution in [2.75, 3.05) is 14.2 Å². The van der Waals surface area contributed by atoms with Crippen LogP contribution in [0.15, 0.2) is 23.8 Å². The number of ether oxygens (including phenoxy) is 2. The molecule has 0 N–H and O–H groups in total. The molecule has 0 saturated heterocycles. The lowest BCUT2D eigenvalue weighted by molar-refractivity contribution is 0.0600. The molecule has 0 spiro atoms. The average Bonchev–Trinajstić information content (AvgIpc) is 2.43. The summed E-state index contributed by atoms with van der Waals surface area (Å²) in [5.41, 5.74) is 0.755. The highest BCUT2D eigenvalue weighted by atomic mass is 16.5. The minimum absolute atomic E-state index is 0.0564. The van der Waals surface area contributed by atoms with Gasteiger partial charge in [-0.15, -0.1) is 0 Å². The van der Waals surface area contributed by atoms with Gasteiger partial charge in [-0.25, -0.2) is 4.79 Å². The molecule has 0 aliphatic carbocycles. The van der Waals surface area contributed by atoms with Gasteiger partial charge in [-0.3, -0.25) is 0 Å². The number of methoxy groups -OCH3 is 2. The molecule has 5 heteroatoms. The zero-order valence-electron chi connectivity index (χ0n) is 9.93. The lowest BCUT2D eigenvalue weighted by atomic mass is 10.1. The number of nitrogens with zero attached hydrogens (tertiary/aromatic N) is 2. The smallest absolute Gasteiger partial charge is 0.338 e. The molecule has 0 aliphatic heterocycles. The molecule has 0 fully saturated rings. The highest BCUT2D eigenvalue weighted by Gasteiger charge is 2.09. The van der Waals surface area contributed by atoms with E-state index in [1.165, 1.54) is 32.4 Å². The molecular formula is C13H10N2O3. The molecule has 0 bridgehead atoms. The Morgan fingerprint density at radius 3 is 2.39 bits per heavy atom. The summed E-state index contributed by atoms with van der Waals surface area (Å²) in [6.45, 7) is 0. The molecule has 0 atom stereocenters. The number of nitriles is 2. The number of hydrogen-bond donors (Lipinski definition) is 0. The topological polar surface area (TPSA) is 83.1 Å². The second-order valence-corrected chi connectivity index (χ2v) is 3.27. The minimum Gasteiger partial charge on any atom is -0.497 e. The molecule has 0 saturated carbocycles. The van der Waals surface area contributed by atoms with Gasteiger partial charge >= 0.3 is 5.97 Å². The maximum Gasteiger partial charge on any atom is 0.338 e. The molecule has 0 aromatic heterocycles. The fraction of sp³-hybridized carbons (Fsp3) is 0.154. The van der Waals surface area contributed by atoms with Gasteiger partial charge in [0.05, 0.1) is 19.8 Å². The predicted molar refractivity (Wildman–Crippen MR) is 63.5 cm³/mol. The normalized spacial score (nSPS) is 8.67. The van der Waals surface area contributed by atoms with Crippen molar-refractivity contribution < 1.29 is 14.3 Å². The Morgan fingerprint density at radius 2 is 1.89 bits per heavy atom. The fourth-order valence-corrected chi connectivity index (χ4v) is 1.32. The van der Waals surface area contributed by atoms with Crippen LogP contribution in [0.3, 0.4) is 0 Å². The van der Waals surface area contributed by atoms with Gasteiger partial charge in [-0.05, 0) is 29.8 Å². The fourth-order valence-electron chi connectivity index (χ4n) is 1.32. The third-order valence-corrected chi connectivity index (χ3v) is 2.14. The molecule has 0 radical (unpaired) electrons. The monoisotopic (exact) mass is 242 g/mol. The van der Waals surface area contributed by atoms with E-state index in [1.807, 2.05) is 0 Å². The minimum atomic E-state index is -0.515. The van der Waals surface area contributed by atoms with E-state index >= 15 is 0 Å². The van der Waals surface area contributed by atoms with Crippen molar-refractivity contribution in [2.45, 2.75) is 0 Å². The molecule has 1 aromatic rings. The molecule has 5 nitrogen and oxygen atoms in total. The van der Waals surface area contributed by atoms with Gasteiger partial charge in [0.1, 0.15) is 23.5 Å². The van der Waals surface area contributed by atoms with Crippen LogP contribution in [-0.4, -0.2) is 20.2 Å². The van der Waals surface area contributed by atoms with Crippen LogP contribution < -0.4 is 4.74 Å². The summed E-state index contributed by atoms with van der Waals surface area (Å²) in [5.74, 6) is -0.0709. The third kappa shape index (κ3) is 3.10. The SMILES string of the molecule is COC(=O)c1cc(C=C(C#N)C#N)cc(OC)c1. The summed E-state index contributed by atoms with van der Waals surface area (Å²) < 4.78 is 9.64. The molecule has 1 rings (SSSR count). The number of rotatable bonds is 3. The van der Waals surface area contributed by atoms with Crippen molar-refractivity contribution in [3.8, 4) is 17.9 Å². The number of hydrogen-bond acceptors (Lipinski definition) is 5. The Balaban J connectivity index is 3.30. The van der Waals surface area contributed by atoms with Crippen molar-refractivity contribution in [3.05, 3.63) is 34.9 Å². The van der Waals surface area contributed by atoms with Crippen molar-refractivity contribution in [2.24, 2.45) is 0 Å². The molecular weight excluding hydrogens is 232 g/mol. The number of benzene rings is 1. The van der Waals surface area contributed by atoms with E-state index in [9.17, 15) is 4.79 Å². The van der Waals surface area contributed by atoms with Crippen LogP contribution in [0.1, 0.15) is 15.9 Å². The quantitative estimate of drug-likeness (QED) is 0.597. The van der Waals surface area contributed by atoms with Crippen LogP contribution in [-0.2, 0) is 4.74 Å². The molecule has 90 valence electrons. The van der Waals surface area contributed by atoms with Crippen molar-refractivity contribution in [1.82, 2.24) is 0 Å². The first-order chi connectivity index (χ1) is 8.64. The van der Waals surface area contributed by atoms with Crippen LogP contribution >= 0.6 is 0 Å². The average molecular weight is 242 g/mol. The summed E-state index contributed by atoms with van der Waals surface area (Å²) in [6, 6.07) is 8.13. The molecule has 0 aliphatic rings. The molecule has 1 aromatic carbocycles. The van der Waals surface area contributed by atoms with E-state index < -0.39 is 5.97 Å². The summed E-state index contributed by atoms with van der Waals surface area (Å²) in [5, 5.41) is 17.3. The second-order valence-electron chi connectivity index (χ2n) is 3.27. The van der Waals surface area contributed by atoms with E-state index in [0.29, 0.717) is 16.9 Å². The Morgan fingerprint density at radius 1 is 1.22 bits per heavy atom. The first-order valence-corrected chi connectivity index (χ1v) is 4.94. The maximum absolute atomic E-state index is 11.4. The first-order valence-electron chi connectivity index (χ1n) is 4.94. The summed E-state index contributed by atoms with van der Waals surface area (Å²) in [7, 11) is 2.73. The Hall–Kier alpha value is -2.79. The van der Waals surface area contributed by atoms with Gasteiger partial charge in [0.15, 0.2) is 0 Å². The lowest BCUT2D eigenvalue weighted by Gasteiger charge is -2.05. The molecule has 0 unspecified atom stereocenters. The predicted octanol–water partition coefficient (Wildman–Crippen LogP) is 1.91. The largest absolute Gasteiger partial charge is 0.497 e. The number of esters is 1. The lowest BCUT2D eigenvalue weighted by Crippen LogP contribution is -2.02. The standard InChI is InChI=1S/C13H10N2O3/c1-17-12-5-9(3-10(7-14)8-15)4-11(6-12)13(16)18-2/h3-6H,1-2H3. The van der Waals surface area contributed by atoms with Gasteiger partial charge in [-0.1, -0.05) is 0 Å². The van der Waals surface area contributed by atoms with E-state index in [-0.39, 0.29) is 5.57 Å². The van der Waals surface area contributed by atoms with Crippen LogP contribution in [0.5, 0.6) is 5.75 Å². The molecule has 0 heterocycles. The molecule has 0 amide bonds. The zero-order valence-corrected chi connectivity index (χ0v) is 9.93. The number of allylic oxidation sites excluding steroid dienone is 1. The van der Waals surface area contributed by atoms with Crippen LogP contribution in [0.4, 0.5) is 0 Å². The van der Waals surface area contributed by atoms with Gasteiger partial charge < -0.3 is 9.47 Å². The van der Waals surface area contributed by atoms with E-state index in [4.69, 9.17) is 15.3 Å². The highest BCUT2D eigenvalue weighted by molar-refractivity contribution is 5.90. The van der Waals surface area contributed by atoms with Gasteiger partial charge in [-0.2, -0.15) is 10.5 Å². The summed E-state index contributed by atoms with van der Waals surface area (Å²) in [4.78, 5) is 11.4. The van der Waals surface area contributed by atoms with Crippen molar-refractivity contribution in [1.29, 1.82) is 10.5 Å². The zero-order chi connectivity index (χ0) is 13.5. The summed E-state index contributed by atoms with van der Waals surface area (Å²) >= 11 is 0. The molecule has 18 heavy (non-hydrogen) atoms. The third-order valence-electron chi connectivity index (χ3n) is 2.14. The van der Waals surface area contributed by atoms with Gasteiger partial charge in [0.25, 0.3) is 0 Å². The Bertz CT molecular complexity index is 561. The second kappa shape index (κ2) is 6.07. The first kappa shape index (κ1) is 13.3. The van der Waals surface area contributed by atoms with Crippen LogP contribution in [0.2, 0.25) is 0 Å².